The Morgan fingerprint density at radius 2 is 0.582 bits per heavy atom. The van der Waals surface area contributed by atoms with Crippen LogP contribution in [0.4, 0.5) is 17.1 Å². The van der Waals surface area contributed by atoms with E-state index in [9.17, 15) is 0 Å². The van der Waals surface area contributed by atoms with E-state index in [1.165, 1.54) is 44.5 Å². The fraction of sp³-hybridized carbons (Fsp3) is 0.0741. The molecule has 0 spiro atoms. The van der Waals surface area contributed by atoms with E-state index in [0.29, 0.717) is 0 Å². The predicted molar refractivity (Wildman–Crippen MR) is 236 cm³/mol. The van der Waals surface area contributed by atoms with E-state index in [1.54, 1.807) is 0 Å². The third-order valence-corrected chi connectivity index (χ3v) is 9.65. The lowest BCUT2D eigenvalue weighted by atomic mass is 9.98. The smallest absolute Gasteiger partial charge is 0.0462 e. The van der Waals surface area contributed by atoms with Crippen molar-refractivity contribution >= 4 is 29.2 Å². The van der Waals surface area contributed by atoms with Gasteiger partial charge in [0.2, 0.25) is 0 Å². The van der Waals surface area contributed by atoms with Gasteiger partial charge >= 0.3 is 0 Å². The second-order valence-corrected chi connectivity index (χ2v) is 13.9. The Bertz CT molecular complexity index is 2060. The lowest BCUT2D eigenvalue weighted by molar-refractivity contribution is 1.03. The molecule has 0 aliphatic heterocycles. The van der Waals surface area contributed by atoms with Crippen molar-refractivity contribution in [3.8, 4) is 0 Å². The molecule has 0 saturated heterocycles. The van der Waals surface area contributed by atoms with Crippen molar-refractivity contribution in [1.82, 2.24) is 0 Å². The minimum absolute atomic E-state index is 0.930. The van der Waals surface area contributed by atoms with Crippen LogP contribution in [0, 0.1) is 0 Å². The molecule has 7 aromatic rings. The quantitative estimate of drug-likeness (QED) is 0.0958. The molecule has 55 heavy (non-hydrogen) atoms. The van der Waals surface area contributed by atoms with E-state index in [4.69, 9.17) is 0 Å². The van der Waals surface area contributed by atoms with Gasteiger partial charge in [-0.2, -0.15) is 0 Å². The first-order chi connectivity index (χ1) is 27.2. The first kappa shape index (κ1) is 36.6. The second-order valence-electron chi connectivity index (χ2n) is 13.9. The molecule has 0 heterocycles. The first-order valence-corrected chi connectivity index (χ1v) is 19.2. The largest absolute Gasteiger partial charge is 0.311 e. The van der Waals surface area contributed by atoms with Gasteiger partial charge in [-0.3, -0.25) is 0 Å². The zero-order valence-electron chi connectivity index (χ0n) is 31.3. The van der Waals surface area contributed by atoms with E-state index < -0.39 is 0 Å². The van der Waals surface area contributed by atoms with Gasteiger partial charge in [-0.05, 0) is 95.5 Å². The topological polar surface area (TPSA) is 3.24 Å². The molecule has 1 nitrogen and oxygen atoms in total. The van der Waals surface area contributed by atoms with E-state index >= 15 is 0 Å². The molecular weight excluding hydrogens is 663 g/mol. The summed E-state index contributed by atoms with van der Waals surface area (Å²) >= 11 is 0. The van der Waals surface area contributed by atoms with Gasteiger partial charge in [0.05, 0.1) is 0 Å². The average Bonchev–Trinajstić information content (AvgIpc) is 3.24. The number of anilines is 3. The Kier molecular flexibility index (Phi) is 12.9. The number of para-hydroxylation sites is 1. The van der Waals surface area contributed by atoms with Crippen LogP contribution < -0.4 is 4.90 Å². The van der Waals surface area contributed by atoms with Crippen molar-refractivity contribution in [2.45, 2.75) is 25.7 Å². The maximum absolute atomic E-state index is 2.32. The summed E-state index contributed by atoms with van der Waals surface area (Å²) in [5.74, 6) is 0. The summed E-state index contributed by atoms with van der Waals surface area (Å²) in [5, 5.41) is 0. The highest BCUT2D eigenvalue weighted by molar-refractivity contribution is 5.77. The maximum atomic E-state index is 2.32. The number of hydrogen-bond donors (Lipinski definition) is 0. The minimum Gasteiger partial charge on any atom is -0.311 e. The van der Waals surface area contributed by atoms with Crippen molar-refractivity contribution in [2.24, 2.45) is 0 Å². The highest BCUT2D eigenvalue weighted by Crippen LogP contribution is 2.34. The molecule has 268 valence electrons. The molecule has 0 radical (unpaired) electrons. The molecule has 1 heteroatoms. The SMILES string of the molecule is C(=Cc1ccc(N(c2ccccc2)c2ccc(C=CC=C(Cc3ccccc3)Cc3ccccc3)cc2)cc1)C=C(Cc1ccccc1)Cc1ccccc1. The van der Waals surface area contributed by atoms with Gasteiger partial charge in [0.1, 0.15) is 0 Å². The van der Waals surface area contributed by atoms with Gasteiger partial charge in [-0.15, -0.1) is 0 Å². The van der Waals surface area contributed by atoms with Crippen LogP contribution in [-0.4, -0.2) is 0 Å². The number of benzene rings is 7. The highest BCUT2D eigenvalue weighted by Gasteiger charge is 2.12. The van der Waals surface area contributed by atoms with Crippen molar-refractivity contribution in [3.63, 3.8) is 0 Å². The molecule has 0 saturated carbocycles. The normalized spacial score (nSPS) is 11.1. The Morgan fingerprint density at radius 1 is 0.309 bits per heavy atom. The van der Waals surface area contributed by atoms with Crippen LogP contribution in [0.15, 0.2) is 236 Å². The molecule has 0 fully saturated rings. The Labute approximate surface area is 327 Å². The predicted octanol–water partition coefficient (Wildman–Crippen LogP) is 14.0. The third kappa shape index (κ3) is 11.2. The average molecular weight is 710 g/mol. The molecule has 0 unspecified atom stereocenters. The molecule has 0 aromatic heterocycles. The van der Waals surface area contributed by atoms with E-state index in [2.05, 4.69) is 242 Å². The summed E-state index contributed by atoms with van der Waals surface area (Å²) in [7, 11) is 0. The maximum Gasteiger partial charge on any atom is 0.0462 e. The van der Waals surface area contributed by atoms with E-state index in [-0.39, 0.29) is 0 Å². The summed E-state index contributed by atoms with van der Waals surface area (Å²) in [4.78, 5) is 2.32. The van der Waals surface area contributed by atoms with Crippen LogP contribution in [0.25, 0.3) is 12.2 Å². The Balaban J connectivity index is 1.07. The molecule has 7 rings (SSSR count). The molecular formula is C54H47N. The molecule has 0 aliphatic carbocycles. The number of hydrogen-bond acceptors (Lipinski definition) is 1. The first-order valence-electron chi connectivity index (χ1n) is 19.2. The number of rotatable bonds is 15. The molecule has 0 bridgehead atoms. The van der Waals surface area contributed by atoms with Gasteiger partial charge in [0.15, 0.2) is 0 Å². The molecule has 0 amide bonds. The highest BCUT2D eigenvalue weighted by atomic mass is 15.1. The summed E-state index contributed by atoms with van der Waals surface area (Å²) in [5.41, 5.74) is 13.8. The Hall–Kier alpha value is -6.70. The fourth-order valence-corrected chi connectivity index (χ4v) is 6.88. The van der Waals surface area contributed by atoms with Crippen molar-refractivity contribution in [1.29, 1.82) is 0 Å². The van der Waals surface area contributed by atoms with Crippen molar-refractivity contribution in [3.05, 3.63) is 269 Å². The van der Waals surface area contributed by atoms with Gasteiger partial charge in [-0.1, -0.05) is 211 Å². The van der Waals surface area contributed by atoms with Crippen LogP contribution in [-0.2, 0) is 25.7 Å². The van der Waals surface area contributed by atoms with Gasteiger partial charge in [0.25, 0.3) is 0 Å². The minimum atomic E-state index is 0.930. The van der Waals surface area contributed by atoms with Crippen LogP contribution in [0.3, 0.4) is 0 Å². The monoisotopic (exact) mass is 709 g/mol. The standard InChI is InChI=1S/C54H47N/c1-6-18-46(19-7-1)40-50(41-47-20-8-2-9-21-47)28-16-26-44-32-36-53(37-33-44)55(52-30-14-5-15-31-52)54-38-34-45(35-39-54)27-17-29-51(42-48-22-10-3-11-23-48)43-49-24-12-4-13-25-49/h1-39H,40-43H2. The number of allylic oxidation sites excluding steroid dienone is 6. The van der Waals surface area contributed by atoms with E-state index in [1.807, 2.05) is 0 Å². The molecule has 0 N–H and O–H groups in total. The lowest BCUT2D eigenvalue weighted by Crippen LogP contribution is -2.09. The lowest BCUT2D eigenvalue weighted by Gasteiger charge is -2.25. The molecule has 0 aliphatic rings. The third-order valence-electron chi connectivity index (χ3n) is 9.65. The zero-order chi connectivity index (χ0) is 37.3. The van der Waals surface area contributed by atoms with Gasteiger partial charge in [0, 0.05) is 17.1 Å². The summed E-state index contributed by atoms with van der Waals surface area (Å²) in [6.45, 7) is 0. The zero-order valence-corrected chi connectivity index (χ0v) is 31.3. The number of nitrogens with zero attached hydrogens (tertiary/aromatic N) is 1. The Morgan fingerprint density at radius 3 is 0.891 bits per heavy atom. The summed E-state index contributed by atoms with van der Waals surface area (Å²) in [6, 6.07) is 71.2. The molecule has 7 aromatic carbocycles. The van der Waals surface area contributed by atoms with Crippen LogP contribution in [0.1, 0.15) is 33.4 Å². The van der Waals surface area contributed by atoms with Gasteiger partial charge in [-0.25, -0.2) is 0 Å². The fourth-order valence-electron chi connectivity index (χ4n) is 6.88. The second kappa shape index (κ2) is 19.4. The van der Waals surface area contributed by atoms with Gasteiger partial charge < -0.3 is 4.90 Å². The summed E-state index contributed by atoms with van der Waals surface area (Å²) < 4.78 is 0. The van der Waals surface area contributed by atoms with Crippen LogP contribution >= 0.6 is 0 Å². The van der Waals surface area contributed by atoms with Crippen LogP contribution in [0.5, 0.6) is 0 Å². The van der Waals surface area contributed by atoms with Crippen LogP contribution in [0.2, 0.25) is 0 Å². The van der Waals surface area contributed by atoms with Crippen molar-refractivity contribution in [2.75, 3.05) is 4.90 Å². The molecule has 0 atom stereocenters. The van der Waals surface area contributed by atoms with Crippen molar-refractivity contribution < 1.29 is 0 Å². The van der Waals surface area contributed by atoms with E-state index in [0.717, 1.165) is 42.7 Å². The summed E-state index contributed by atoms with van der Waals surface area (Å²) in [6.07, 6.45) is 17.1.